The highest BCUT2D eigenvalue weighted by molar-refractivity contribution is 5.86. The van der Waals surface area contributed by atoms with Gasteiger partial charge in [0.25, 0.3) is 0 Å². The highest BCUT2D eigenvalue weighted by atomic mass is 16.4. The van der Waals surface area contributed by atoms with E-state index >= 15 is 0 Å². The molecule has 10 nitrogen and oxygen atoms in total. The highest BCUT2D eigenvalue weighted by Gasteiger charge is 2.29. The molecule has 0 unspecified atom stereocenters. The Hall–Kier alpha value is -1.75. The summed E-state index contributed by atoms with van der Waals surface area (Å²) < 4.78 is 0. The first kappa shape index (κ1) is 33.8. The van der Waals surface area contributed by atoms with Crippen LogP contribution in [0.25, 0.3) is 0 Å². The van der Waals surface area contributed by atoms with E-state index in [0.717, 1.165) is 19.6 Å². The zero-order chi connectivity index (χ0) is 23.0. The first-order valence-corrected chi connectivity index (χ1v) is 9.73. The average molecular weight is 412 g/mol. The lowest BCUT2D eigenvalue weighted by molar-refractivity contribution is -0.368. The van der Waals surface area contributed by atoms with Crippen molar-refractivity contribution in [3.8, 4) is 0 Å². The zero-order valence-electron chi connectivity index (χ0n) is 17.8. The SMILES string of the molecule is CCCC[NH3+].CCCC[NH3+].CCCC[NH3+].O=C([O-])CC(O)(CC(=O)[O-])C(=O)[O-]. The Kier molecular flexibility index (Phi) is 30.5. The van der Waals surface area contributed by atoms with Crippen molar-refractivity contribution in [3.63, 3.8) is 0 Å². The minimum atomic E-state index is -2.97. The fourth-order valence-corrected chi connectivity index (χ4v) is 1.43. The van der Waals surface area contributed by atoms with Crippen molar-refractivity contribution in [2.24, 2.45) is 0 Å². The summed E-state index contributed by atoms with van der Waals surface area (Å²) in [5.41, 5.74) is 8.05. The molecule has 0 aromatic heterocycles. The maximum Gasteiger partial charge on any atom is 0.114 e. The number of hydrogen-bond acceptors (Lipinski definition) is 7. The maximum atomic E-state index is 10.1. The number of hydrogen-bond donors (Lipinski definition) is 4. The van der Waals surface area contributed by atoms with Gasteiger partial charge in [0.15, 0.2) is 0 Å². The molecule has 0 radical (unpaired) electrons. The maximum absolute atomic E-state index is 10.1. The van der Waals surface area contributed by atoms with Crippen LogP contribution in [0, 0.1) is 0 Å². The number of unbranched alkanes of at least 4 members (excludes halogenated alkanes) is 3. The van der Waals surface area contributed by atoms with E-state index in [2.05, 4.69) is 38.0 Å². The molecule has 0 fully saturated rings. The number of carboxylic acids is 3. The molecule has 10 N–H and O–H groups in total. The summed E-state index contributed by atoms with van der Waals surface area (Å²) in [6.45, 7) is 9.80. The topological polar surface area (TPSA) is 224 Å². The molecule has 0 bridgehead atoms. The first-order valence-electron chi connectivity index (χ1n) is 9.73. The average Bonchev–Trinajstić information content (AvgIpc) is 2.57. The molecule has 0 aliphatic heterocycles. The summed E-state index contributed by atoms with van der Waals surface area (Å²) in [5.74, 6) is -5.98. The highest BCUT2D eigenvalue weighted by Crippen LogP contribution is 2.13. The molecule has 170 valence electrons. The smallest absolute Gasteiger partial charge is 0.114 e. The number of carbonyl (C=O) groups is 3. The molecular weight excluding hydrogens is 370 g/mol. The largest absolute Gasteiger partial charge is 0.550 e. The van der Waals surface area contributed by atoms with Crippen LogP contribution < -0.4 is 32.5 Å². The van der Waals surface area contributed by atoms with E-state index in [4.69, 9.17) is 5.11 Å². The van der Waals surface area contributed by atoms with Gasteiger partial charge >= 0.3 is 0 Å². The molecule has 0 rings (SSSR count). The van der Waals surface area contributed by atoms with Crippen molar-refractivity contribution < 1.29 is 52.0 Å². The Morgan fingerprint density at radius 1 is 0.714 bits per heavy atom. The van der Waals surface area contributed by atoms with E-state index in [9.17, 15) is 29.7 Å². The van der Waals surface area contributed by atoms with Crippen molar-refractivity contribution in [3.05, 3.63) is 0 Å². The van der Waals surface area contributed by atoms with E-state index in [0.29, 0.717) is 0 Å². The molecule has 0 aromatic carbocycles. The molecule has 0 heterocycles. The molecule has 0 atom stereocenters. The molecule has 10 heteroatoms. The van der Waals surface area contributed by atoms with Crippen LogP contribution in [0.3, 0.4) is 0 Å². The Morgan fingerprint density at radius 2 is 0.964 bits per heavy atom. The molecule has 28 heavy (non-hydrogen) atoms. The van der Waals surface area contributed by atoms with E-state index in [-0.39, 0.29) is 0 Å². The summed E-state index contributed by atoms with van der Waals surface area (Å²) in [7, 11) is 0. The minimum Gasteiger partial charge on any atom is -0.550 e. The molecule has 0 aliphatic rings. The molecule has 0 aromatic rings. The van der Waals surface area contributed by atoms with Crippen molar-refractivity contribution in [2.45, 2.75) is 77.7 Å². The Labute approximate surface area is 168 Å². The monoisotopic (exact) mass is 411 g/mol. The van der Waals surface area contributed by atoms with Crippen molar-refractivity contribution in [2.75, 3.05) is 19.6 Å². The lowest BCUT2D eigenvalue weighted by atomic mass is 9.96. The van der Waals surface area contributed by atoms with Crippen LogP contribution in [-0.4, -0.2) is 48.2 Å². The third-order valence-corrected chi connectivity index (χ3v) is 3.06. The van der Waals surface area contributed by atoms with Crippen LogP contribution in [-0.2, 0) is 14.4 Å². The minimum absolute atomic E-state index is 1.09. The zero-order valence-corrected chi connectivity index (χ0v) is 17.8. The fraction of sp³-hybridized carbons (Fsp3) is 0.833. The van der Waals surface area contributed by atoms with E-state index in [1.807, 2.05) is 0 Å². The van der Waals surface area contributed by atoms with Crippen LogP contribution in [0.1, 0.15) is 72.1 Å². The van der Waals surface area contributed by atoms with Gasteiger partial charge in [-0.3, -0.25) is 0 Å². The normalized spacial score (nSPS) is 9.54. The van der Waals surface area contributed by atoms with Gasteiger partial charge in [0.05, 0.1) is 25.6 Å². The van der Waals surface area contributed by atoms with Gasteiger partial charge in [-0.1, -0.05) is 40.0 Å². The lowest BCUT2D eigenvalue weighted by Gasteiger charge is -2.29. The summed E-state index contributed by atoms with van der Waals surface area (Å²) in [5, 5.41) is 38.9. The van der Waals surface area contributed by atoms with Gasteiger partial charge in [0.2, 0.25) is 0 Å². The second kappa shape index (κ2) is 25.2. The summed E-state index contributed by atoms with van der Waals surface area (Å²) in [6, 6.07) is 0. The van der Waals surface area contributed by atoms with Crippen LogP contribution in [0.5, 0.6) is 0 Å². The van der Waals surface area contributed by atoms with E-state index in [1.165, 1.54) is 38.5 Å². The fourth-order valence-electron chi connectivity index (χ4n) is 1.43. The van der Waals surface area contributed by atoms with Crippen LogP contribution in [0.15, 0.2) is 0 Å². The van der Waals surface area contributed by atoms with Crippen molar-refractivity contribution in [1.82, 2.24) is 0 Å². The summed E-state index contributed by atoms with van der Waals surface area (Å²) in [6.07, 6.45) is 4.96. The summed E-state index contributed by atoms with van der Waals surface area (Å²) >= 11 is 0. The molecule has 0 saturated carbocycles. The first-order chi connectivity index (χ1) is 13.0. The predicted molar refractivity (Wildman–Crippen MR) is 97.2 cm³/mol. The molecular formula is C18H41N3O7. The quantitative estimate of drug-likeness (QED) is 0.258. The second-order valence-electron chi connectivity index (χ2n) is 6.04. The van der Waals surface area contributed by atoms with Crippen LogP contribution >= 0.6 is 0 Å². The van der Waals surface area contributed by atoms with Gasteiger partial charge in [-0.25, -0.2) is 0 Å². The molecule has 0 aliphatic carbocycles. The molecule has 0 amide bonds. The van der Waals surface area contributed by atoms with Crippen molar-refractivity contribution >= 4 is 17.9 Å². The van der Waals surface area contributed by atoms with Gasteiger partial charge in [-0.2, -0.15) is 0 Å². The standard InChI is InChI=1S/C6H8O7.3C4H11N/c7-3(8)1-6(13,5(11)12)2-4(9)10;3*1-2-3-4-5/h13H,1-2H2,(H,7,8)(H,9,10)(H,11,12);3*2-5H2,1H3. The number of aliphatic carboxylic acids is 3. The third-order valence-electron chi connectivity index (χ3n) is 3.06. The van der Waals surface area contributed by atoms with Gasteiger partial charge < -0.3 is 52.0 Å². The summed E-state index contributed by atoms with van der Waals surface area (Å²) in [4.78, 5) is 30.0. The molecule has 0 spiro atoms. The van der Waals surface area contributed by atoms with Gasteiger partial charge in [0, 0.05) is 24.8 Å². The number of quaternary nitrogens is 3. The number of carbonyl (C=O) groups excluding carboxylic acids is 3. The lowest BCUT2D eigenvalue weighted by Crippen LogP contribution is -2.54. The van der Waals surface area contributed by atoms with Gasteiger partial charge in [0.1, 0.15) is 5.60 Å². The van der Waals surface area contributed by atoms with Gasteiger partial charge in [-0.05, 0) is 19.3 Å². The number of carboxylic acid groups (broad SMARTS) is 3. The third kappa shape index (κ3) is 32.0. The van der Waals surface area contributed by atoms with Gasteiger partial charge in [-0.15, -0.1) is 0 Å². The van der Waals surface area contributed by atoms with Crippen molar-refractivity contribution in [1.29, 1.82) is 0 Å². The predicted octanol–water partition coefficient (Wildman–Crippen LogP) is -5.17. The van der Waals surface area contributed by atoms with Crippen LogP contribution in [0.4, 0.5) is 0 Å². The Morgan fingerprint density at radius 3 is 1.04 bits per heavy atom. The Balaban J connectivity index is -0.000000159. The van der Waals surface area contributed by atoms with E-state index < -0.39 is 36.4 Å². The van der Waals surface area contributed by atoms with E-state index in [1.54, 1.807) is 0 Å². The second-order valence-corrected chi connectivity index (χ2v) is 6.04. The Bertz CT molecular complexity index is 344. The number of rotatable bonds is 11. The number of aliphatic hydroxyl groups is 1. The molecule has 0 saturated heterocycles. The van der Waals surface area contributed by atoms with Crippen LogP contribution in [0.2, 0.25) is 0 Å².